The van der Waals surface area contributed by atoms with Crippen molar-refractivity contribution in [3.63, 3.8) is 0 Å². The minimum Gasteiger partial charge on any atom is -0.0876 e. The Morgan fingerprint density at radius 1 is 0.500 bits per heavy atom. The summed E-state index contributed by atoms with van der Waals surface area (Å²) in [5, 5.41) is 3.55. The summed E-state index contributed by atoms with van der Waals surface area (Å²) in [6, 6.07) is 13.3. The highest BCUT2D eigenvalue weighted by Crippen LogP contribution is 2.28. The maximum absolute atomic E-state index is 3.57. The minimum absolute atomic E-state index is 0.882. The molecule has 0 fully saturated rings. The lowest BCUT2D eigenvalue weighted by Crippen LogP contribution is -1.92. The van der Waals surface area contributed by atoms with Crippen LogP contribution in [0, 0.1) is 0 Å². The van der Waals surface area contributed by atoms with Gasteiger partial charge < -0.3 is 0 Å². The van der Waals surface area contributed by atoms with E-state index >= 15 is 0 Å². The van der Waals surface area contributed by atoms with Crippen LogP contribution in [0.15, 0.2) is 36.4 Å². The standard InChI is InChI=1S/C16H14Br4/c17-7-13-3-1-11(5-15(13)9-19)12-2-4-14(8-18)16(6-12)10-20/h1-6H,7-10H2. The summed E-state index contributed by atoms with van der Waals surface area (Å²) >= 11 is 14.2. The second-order valence-electron chi connectivity index (χ2n) is 4.50. The molecule has 2 aromatic carbocycles. The molecule has 0 atom stereocenters. The Balaban J connectivity index is 2.46. The Morgan fingerprint density at radius 3 is 1.15 bits per heavy atom. The van der Waals surface area contributed by atoms with E-state index in [2.05, 4.69) is 100 Å². The molecule has 0 bridgehead atoms. The first-order chi connectivity index (χ1) is 9.73. The fourth-order valence-electron chi connectivity index (χ4n) is 2.12. The molecule has 2 aromatic rings. The number of hydrogen-bond acceptors (Lipinski definition) is 0. The van der Waals surface area contributed by atoms with Crippen LogP contribution >= 0.6 is 63.7 Å². The van der Waals surface area contributed by atoms with E-state index in [-0.39, 0.29) is 0 Å². The first kappa shape index (κ1) is 16.7. The number of alkyl halides is 4. The Bertz CT molecular complexity index is 540. The Labute approximate surface area is 153 Å². The van der Waals surface area contributed by atoms with Crippen molar-refractivity contribution in [1.82, 2.24) is 0 Å². The van der Waals surface area contributed by atoms with Crippen LogP contribution in [-0.4, -0.2) is 0 Å². The van der Waals surface area contributed by atoms with Gasteiger partial charge in [0.05, 0.1) is 0 Å². The lowest BCUT2D eigenvalue weighted by atomic mass is 9.97. The SMILES string of the molecule is BrCc1ccc(-c2ccc(CBr)c(CBr)c2)cc1CBr. The maximum atomic E-state index is 3.57. The van der Waals surface area contributed by atoms with Crippen LogP contribution in [0.4, 0.5) is 0 Å². The summed E-state index contributed by atoms with van der Waals surface area (Å²) in [4.78, 5) is 0. The highest BCUT2D eigenvalue weighted by atomic mass is 79.9. The van der Waals surface area contributed by atoms with Gasteiger partial charge in [0.1, 0.15) is 0 Å². The van der Waals surface area contributed by atoms with Crippen LogP contribution in [0.3, 0.4) is 0 Å². The summed E-state index contributed by atoms with van der Waals surface area (Å²) in [7, 11) is 0. The zero-order valence-corrected chi connectivity index (χ0v) is 17.1. The lowest BCUT2D eigenvalue weighted by molar-refractivity contribution is 1.29. The molecule has 0 amide bonds. The van der Waals surface area contributed by atoms with E-state index in [1.807, 2.05) is 0 Å². The molecule has 0 aliphatic carbocycles. The molecule has 20 heavy (non-hydrogen) atoms. The van der Waals surface area contributed by atoms with Gasteiger partial charge in [-0.05, 0) is 33.4 Å². The Hall–Kier alpha value is 0.360. The number of benzene rings is 2. The summed E-state index contributed by atoms with van der Waals surface area (Å²) in [5.41, 5.74) is 7.89. The normalized spacial score (nSPS) is 10.8. The monoisotopic (exact) mass is 522 g/mol. The van der Waals surface area contributed by atoms with Crippen molar-refractivity contribution in [3.05, 3.63) is 58.7 Å². The molecule has 0 aromatic heterocycles. The molecular formula is C16H14Br4. The van der Waals surface area contributed by atoms with Gasteiger partial charge in [-0.15, -0.1) is 0 Å². The van der Waals surface area contributed by atoms with Gasteiger partial charge >= 0.3 is 0 Å². The molecule has 106 valence electrons. The fraction of sp³-hybridized carbons (Fsp3) is 0.250. The highest BCUT2D eigenvalue weighted by Gasteiger charge is 2.07. The first-order valence-corrected chi connectivity index (χ1v) is 10.7. The molecule has 0 aliphatic rings. The van der Waals surface area contributed by atoms with Crippen LogP contribution in [0.2, 0.25) is 0 Å². The molecule has 0 N–H and O–H groups in total. The number of hydrogen-bond donors (Lipinski definition) is 0. The molecule has 0 heterocycles. The van der Waals surface area contributed by atoms with Gasteiger partial charge in [0, 0.05) is 21.3 Å². The van der Waals surface area contributed by atoms with Gasteiger partial charge in [0.15, 0.2) is 0 Å². The van der Waals surface area contributed by atoms with E-state index < -0.39 is 0 Å². The summed E-state index contributed by atoms with van der Waals surface area (Å²) in [5.74, 6) is 0. The zero-order valence-electron chi connectivity index (χ0n) is 10.8. The van der Waals surface area contributed by atoms with E-state index in [0.29, 0.717) is 0 Å². The van der Waals surface area contributed by atoms with E-state index in [0.717, 1.165) is 21.3 Å². The predicted molar refractivity (Wildman–Crippen MR) is 102 cm³/mol. The van der Waals surface area contributed by atoms with Gasteiger partial charge in [-0.2, -0.15) is 0 Å². The molecule has 0 spiro atoms. The van der Waals surface area contributed by atoms with Crippen LogP contribution in [0.5, 0.6) is 0 Å². The van der Waals surface area contributed by atoms with Crippen LogP contribution < -0.4 is 0 Å². The largest absolute Gasteiger partial charge is 0.0876 e. The summed E-state index contributed by atoms with van der Waals surface area (Å²) < 4.78 is 0. The third-order valence-electron chi connectivity index (χ3n) is 3.32. The average molecular weight is 526 g/mol. The average Bonchev–Trinajstić information content (AvgIpc) is 2.53. The lowest BCUT2D eigenvalue weighted by Gasteiger charge is -2.11. The van der Waals surface area contributed by atoms with E-state index in [4.69, 9.17) is 0 Å². The van der Waals surface area contributed by atoms with Crippen LogP contribution in [-0.2, 0) is 21.3 Å². The topological polar surface area (TPSA) is 0 Å². The third-order valence-corrected chi connectivity index (χ3v) is 5.74. The smallest absolute Gasteiger partial charge is 0.0286 e. The number of rotatable bonds is 5. The molecule has 0 radical (unpaired) electrons. The quantitative estimate of drug-likeness (QED) is 0.371. The fourth-order valence-corrected chi connectivity index (χ4v) is 4.26. The van der Waals surface area contributed by atoms with Crippen molar-refractivity contribution in [1.29, 1.82) is 0 Å². The Morgan fingerprint density at radius 2 is 0.850 bits per heavy atom. The Kier molecular flexibility index (Phi) is 6.79. The predicted octanol–water partition coefficient (Wildman–Crippen LogP) is 6.93. The van der Waals surface area contributed by atoms with Crippen molar-refractivity contribution in [2.75, 3.05) is 0 Å². The third kappa shape index (κ3) is 3.76. The van der Waals surface area contributed by atoms with Gasteiger partial charge in [0.2, 0.25) is 0 Å². The zero-order chi connectivity index (χ0) is 14.5. The molecule has 0 aliphatic heterocycles. The molecular weight excluding hydrogens is 512 g/mol. The molecule has 4 heteroatoms. The second-order valence-corrected chi connectivity index (χ2v) is 6.74. The highest BCUT2D eigenvalue weighted by molar-refractivity contribution is 9.09. The van der Waals surface area contributed by atoms with Crippen molar-refractivity contribution >= 4 is 63.7 Å². The van der Waals surface area contributed by atoms with Crippen molar-refractivity contribution in [2.24, 2.45) is 0 Å². The minimum atomic E-state index is 0.882. The number of halogens is 4. The summed E-state index contributed by atoms with van der Waals surface area (Å²) in [6.45, 7) is 0. The van der Waals surface area contributed by atoms with E-state index in [9.17, 15) is 0 Å². The van der Waals surface area contributed by atoms with Crippen LogP contribution in [0.1, 0.15) is 22.3 Å². The molecule has 2 rings (SSSR count). The van der Waals surface area contributed by atoms with E-state index in [1.165, 1.54) is 33.4 Å². The maximum Gasteiger partial charge on any atom is 0.0286 e. The molecule has 0 unspecified atom stereocenters. The van der Waals surface area contributed by atoms with Gasteiger partial charge in [-0.1, -0.05) is 100 Å². The second kappa shape index (κ2) is 8.11. The van der Waals surface area contributed by atoms with Gasteiger partial charge in [-0.25, -0.2) is 0 Å². The van der Waals surface area contributed by atoms with Crippen LogP contribution in [0.25, 0.3) is 11.1 Å². The van der Waals surface area contributed by atoms with Gasteiger partial charge in [0.25, 0.3) is 0 Å². The van der Waals surface area contributed by atoms with E-state index in [1.54, 1.807) is 0 Å². The summed E-state index contributed by atoms with van der Waals surface area (Å²) in [6.07, 6.45) is 0. The van der Waals surface area contributed by atoms with Crippen molar-refractivity contribution in [3.8, 4) is 11.1 Å². The molecule has 0 saturated heterocycles. The van der Waals surface area contributed by atoms with Gasteiger partial charge in [-0.3, -0.25) is 0 Å². The molecule has 0 saturated carbocycles. The van der Waals surface area contributed by atoms with Crippen molar-refractivity contribution < 1.29 is 0 Å². The molecule has 0 nitrogen and oxygen atoms in total. The first-order valence-electron chi connectivity index (χ1n) is 6.21. The van der Waals surface area contributed by atoms with Crippen molar-refractivity contribution in [2.45, 2.75) is 21.3 Å².